The minimum absolute atomic E-state index is 0.141. The van der Waals surface area contributed by atoms with Crippen molar-refractivity contribution in [2.75, 3.05) is 0 Å². The van der Waals surface area contributed by atoms with E-state index in [9.17, 15) is 4.79 Å². The summed E-state index contributed by atoms with van der Waals surface area (Å²) in [6, 6.07) is 22.3. The highest BCUT2D eigenvalue weighted by atomic mass is 16.4. The Balaban J connectivity index is 1.67. The Morgan fingerprint density at radius 2 is 1.00 bits per heavy atom. The molecule has 2 aromatic rings. The van der Waals surface area contributed by atoms with E-state index in [4.69, 9.17) is 5.11 Å². The van der Waals surface area contributed by atoms with Gasteiger partial charge in [-0.25, -0.2) is 0 Å². The smallest absolute Gasteiger partial charge is 0.303 e. The molecule has 0 unspecified atom stereocenters. The van der Waals surface area contributed by atoms with Crippen LogP contribution >= 0.6 is 0 Å². The van der Waals surface area contributed by atoms with Gasteiger partial charge < -0.3 is 5.11 Å². The van der Waals surface area contributed by atoms with Gasteiger partial charge in [0.25, 0.3) is 0 Å². The first-order valence-corrected chi connectivity index (χ1v) is 13.5. The van der Waals surface area contributed by atoms with Crippen molar-refractivity contribution >= 4 is 5.97 Å². The maximum absolute atomic E-state index is 10.5. The van der Waals surface area contributed by atoms with Crippen LogP contribution in [0.5, 0.6) is 0 Å². The molecule has 0 amide bonds. The topological polar surface area (TPSA) is 37.3 Å². The summed E-state index contributed by atoms with van der Waals surface area (Å²) in [6.45, 7) is 2.32. The molecule has 2 rings (SSSR count). The van der Waals surface area contributed by atoms with Crippen LogP contribution in [-0.4, -0.2) is 11.1 Å². The quantitative estimate of drug-likeness (QED) is 0.216. The molecule has 0 radical (unpaired) electrons. The van der Waals surface area contributed by atoms with Gasteiger partial charge in [-0.15, -0.1) is 0 Å². The molecule has 0 spiro atoms. The maximum atomic E-state index is 10.5. The predicted molar refractivity (Wildman–Crippen MR) is 141 cm³/mol. The van der Waals surface area contributed by atoms with Crippen LogP contribution < -0.4 is 0 Å². The second kappa shape index (κ2) is 16.5. The third-order valence-corrected chi connectivity index (χ3v) is 7.07. The van der Waals surface area contributed by atoms with Crippen molar-refractivity contribution in [3.8, 4) is 0 Å². The number of carboxylic acids is 1. The Labute approximate surface area is 202 Å². The van der Waals surface area contributed by atoms with Crippen LogP contribution in [0.2, 0.25) is 0 Å². The van der Waals surface area contributed by atoms with E-state index in [0.717, 1.165) is 12.8 Å². The van der Waals surface area contributed by atoms with Gasteiger partial charge in [0.05, 0.1) is 0 Å². The average molecular weight is 451 g/mol. The first-order chi connectivity index (χ1) is 16.2. The Hall–Kier alpha value is -2.09. The standard InChI is InChI=1S/C31H46O2/c1-2-26-31(28-21-15-13-16-22-28,29-23-17-14-18-24-29)27-20-12-10-8-6-4-3-5-7-9-11-19-25-30(32)33/h13-18,21-24H,2-12,19-20,25-27H2,1H3,(H,32,33). The average Bonchev–Trinajstić information content (AvgIpc) is 2.84. The van der Waals surface area contributed by atoms with Gasteiger partial charge in [-0.05, 0) is 30.4 Å². The third kappa shape index (κ3) is 10.2. The lowest BCUT2D eigenvalue weighted by atomic mass is 9.68. The fourth-order valence-corrected chi connectivity index (χ4v) is 5.28. The number of rotatable bonds is 19. The molecule has 0 aliphatic rings. The number of hydrogen-bond donors (Lipinski definition) is 1. The van der Waals surface area contributed by atoms with Crippen molar-refractivity contribution in [2.45, 2.75) is 115 Å². The number of carboxylic acid groups (broad SMARTS) is 1. The number of hydrogen-bond acceptors (Lipinski definition) is 1. The Morgan fingerprint density at radius 1 is 0.606 bits per heavy atom. The third-order valence-electron chi connectivity index (χ3n) is 7.07. The molecule has 0 bridgehead atoms. The van der Waals surface area contributed by atoms with E-state index in [1.807, 2.05) is 0 Å². The first kappa shape index (κ1) is 27.2. The maximum Gasteiger partial charge on any atom is 0.303 e. The van der Waals surface area contributed by atoms with Crippen molar-refractivity contribution in [3.63, 3.8) is 0 Å². The van der Waals surface area contributed by atoms with Crippen molar-refractivity contribution in [3.05, 3.63) is 71.8 Å². The highest BCUT2D eigenvalue weighted by molar-refractivity contribution is 5.66. The van der Waals surface area contributed by atoms with Crippen LogP contribution in [0.25, 0.3) is 0 Å². The van der Waals surface area contributed by atoms with Crippen molar-refractivity contribution < 1.29 is 9.90 Å². The lowest BCUT2D eigenvalue weighted by Crippen LogP contribution is -2.27. The fraction of sp³-hybridized carbons (Fsp3) is 0.581. The predicted octanol–water partition coefficient (Wildman–Crippen LogP) is 9.32. The highest BCUT2D eigenvalue weighted by Gasteiger charge is 2.32. The number of aliphatic carboxylic acids is 1. The number of benzene rings is 2. The molecule has 0 aliphatic carbocycles. The normalized spacial score (nSPS) is 11.5. The van der Waals surface area contributed by atoms with Gasteiger partial charge in [-0.3, -0.25) is 4.79 Å². The molecule has 0 saturated heterocycles. The zero-order valence-corrected chi connectivity index (χ0v) is 20.9. The zero-order valence-electron chi connectivity index (χ0n) is 20.9. The first-order valence-electron chi connectivity index (χ1n) is 13.5. The molecule has 0 saturated carbocycles. The van der Waals surface area contributed by atoms with Gasteiger partial charge in [0.15, 0.2) is 0 Å². The molecule has 2 nitrogen and oxygen atoms in total. The van der Waals surface area contributed by atoms with E-state index in [2.05, 4.69) is 67.6 Å². The molecule has 0 atom stereocenters. The van der Waals surface area contributed by atoms with E-state index in [1.165, 1.54) is 94.6 Å². The van der Waals surface area contributed by atoms with Gasteiger partial charge >= 0.3 is 5.97 Å². The summed E-state index contributed by atoms with van der Waals surface area (Å²) in [7, 11) is 0. The van der Waals surface area contributed by atoms with E-state index in [0.29, 0.717) is 6.42 Å². The molecule has 33 heavy (non-hydrogen) atoms. The van der Waals surface area contributed by atoms with Crippen LogP contribution in [0.15, 0.2) is 60.7 Å². The molecular formula is C31H46O2. The number of unbranched alkanes of at least 4 members (excludes halogenated alkanes) is 11. The van der Waals surface area contributed by atoms with Crippen molar-refractivity contribution in [2.24, 2.45) is 0 Å². The van der Waals surface area contributed by atoms with E-state index in [-0.39, 0.29) is 5.41 Å². The number of carbonyl (C=O) groups is 1. The van der Waals surface area contributed by atoms with Gasteiger partial charge in [-0.2, -0.15) is 0 Å². The van der Waals surface area contributed by atoms with Crippen LogP contribution in [0.4, 0.5) is 0 Å². The molecule has 182 valence electrons. The summed E-state index contributed by atoms with van der Waals surface area (Å²) in [5.74, 6) is -0.661. The van der Waals surface area contributed by atoms with Crippen molar-refractivity contribution in [1.82, 2.24) is 0 Å². The second-order valence-corrected chi connectivity index (χ2v) is 9.70. The van der Waals surface area contributed by atoms with Gasteiger partial charge in [0.2, 0.25) is 0 Å². The summed E-state index contributed by atoms with van der Waals surface area (Å²) >= 11 is 0. The summed E-state index contributed by atoms with van der Waals surface area (Å²) in [6.07, 6.45) is 19.0. The minimum atomic E-state index is -0.661. The lowest BCUT2D eigenvalue weighted by Gasteiger charge is -2.35. The summed E-state index contributed by atoms with van der Waals surface area (Å²) in [4.78, 5) is 10.5. The van der Waals surface area contributed by atoms with Crippen molar-refractivity contribution in [1.29, 1.82) is 0 Å². The van der Waals surface area contributed by atoms with Crippen LogP contribution in [0.3, 0.4) is 0 Å². The second-order valence-electron chi connectivity index (χ2n) is 9.70. The molecular weight excluding hydrogens is 404 g/mol. The highest BCUT2D eigenvalue weighted by Crippen LogP contribution is 2.41. The SMILES string of the molecule is CCCC(CCCCCCCCCCCCCCC(=O)O)(c1ccccc1)c1ccccc1. The van der Waals surface area contributed by atoms with E-state index >= 15 is 0 Å². The lowest BCUT2D eigenvalue weighted by molar-refractivity contribution is -0.137. The van der Waals surface area contributed by atoms with Crippen LogP contribution in [0, 0.1) is 0 Å². The molecule has 0 heterocycles. The Morgan fingerprint density at radius 3 is 1.39 bits per heavy atom. The van der Waals surface area contributed by atoms with Crippen LogP contribution in [-0.2, 0) is 10.2 Å². The largest absolute Gasteiger partial charge is 0.481 e. The zero-order chi connectivity index (χ0) is 23.6. The Bertz CT molecular complexity index is 699. The fourth-order valence-electron chi connectivity index (χ4n) is 5.28. The van der Waals surface area contributed by atoms with E-state index < -0.39 is 5.97 Å². The Kier molecular flexibility index (Phi) is 13.6. The van der Waals surface area contributed by atoms with Gasteiger partial charge in [0, 0.05) is 11.8 Å². The molecule has 0 fully saturated rings. The van der Waals surface area contributed by atoms with E-state index in [1.54, 1.807) is 0 Å². The molecule has 0 aromatic heterocycles. The minimum Gasteiger partial charge on any atom is -0.481 e. The molecule has 2 heteroatoms. The van der Waals surface area contributed by atoms with Gasteiger partial charge in [0.1, 0.15) is 0 Å². The molecule has 1 N–H and O–H groups in total. The summed E-state index contributed by atoms with van der Waals surface area (Å²) < 4.78 is 0. The monoisotopic (exact) mass is 450 g/mol. The summed E-state index contributed by atoms with van der Waals surface area (Å²) in [5, 5.41) is 8.66. The summed E-state index contributed by atoms with van der Waals surface area (Å²) in [5.41, 5.74) is 3.09. The van der Waals surface area contributed by atoms with Gasteiger partial charge in [-0.1, -0.05) is 145 Å². The van der Waals surface area contributed by atoms with Crippen LogP contribution in [0.1, 0.15) is 121 Å². The molecule has 2 aromatic carbocycles. The molecule has 0 aliphatic heterocycles.